The Labute approximate surface area is 177 Å². The van der Waals surface area contributed by atoms with Gasteiger partial charge in [-0.25, -0.2) is 0 Å². The second-order valence-corrected chi connectivity index (χ2v) is 8.28. The minimum absolute atomic E-state index is 0.0693. The summed E-state index contributed by atoms with van der Waals surface area (Å²) in [6.45, 7) is 3.40. The molecule has 2 aliphatic heterocycles. The number of carbonyl (C=O) groups is 2. The van der Waals surface area contributed by atoms with Gasteiger partial charge in [-0.05, 0) is 32.4 Å². The van der Waals surface area contributed by atoms with Gasteiger partial charge in [-0.2, -0.15) is 0 Å². The highest BCUT2D eigenvalue weighted by Gasteiger charge is 2.42. The zero-order chi connectivity index (χ0) is 21.4. The Morgan fingerprint density at radius 1 is 1.23 bits per heavy atom. The molecule has 0 bridgehead atoms. The Balaban J connectivity index is 1.70. The molecule has 0 aliphatic carbocycles. The van der Waals surface area contributed by atoms with E-state index in [0.29, 0.717) is 13.0 Å². The molecule has 1 fully saturated rings. The zero-order valence-corrected chi connectivity index (χ0v) is 18.4. The summed E-state index contributed by atoms with van der Waals surface area (Å²) in [4.78, 5) is 43.2. The minimum Gasteiger partial charge on any atom is -0.474 e. The predicted molar refractivity (Wildman–Crippen MR) is 117 cm³/mol. The normalized spacial score (nSPS) is 21.2. The second kappa shape index (κ2) is 8.32. The lowest BCUT2D eigenvalue weighted by Crippen LogP contribution is -2.62. The lowest BCUT2D eigenvalue weighted by molar-refractivity contribution is -0.0207. The smallest absolute Gasteiger partial charge is 0.276 e. The number of nitrogens with zero attached hydrogens (tertiary/aromatic N) is 3. The summed E-state index contributed by atoms with van der Waals surface area (Å²) >= 11 is 0. The van der Waals surface area contributed by atoms with E-state index in [0.717, 1.165) is 18.5 Å². The number of Topliss-reactive ketones (excluding diaryl/α,β-unsaturated/α-hetero) is 1. The summed E-state index contributed by atoms with van der Waals surface area (Å²) in [5.41, 5.74) is 0.794. The van der Waals surface area contributed by atoms with Crippen molar-refractivity contribution in [2.45, 2.75) is 44.9 Å². The number of hydrogen-bond donors (Lipinski definition) is 0. The number of benzene rings is 1. The lowest BCUT2D eigenvalue weighted by atomic mass is 10.0. The van der Waals surface area contributed by atoms with Crippen molar-refractivity contribution in [3.8, 4) is 5.75 Å². The van der Waals surface area contributed by atoms with Crippen molar-refractivity contribution in [1.82, 2.24) is 14.4 Å². The summed E-state index contributed by atoms with van der Waals surface area (Å²) in [5, 5.41) is 0. The van der Waals surface area contributed by atoms with Crippen LogP contribution in [0.15, 0.2) is 41.3 Å². The van der Waals surface area contributed by atoms with Crippen LogP contribution in [-0.2, 0) is 13.0 Å². The number of hydrogen-bond acceptors (Lipinski definition) is 5. The molecule has 1 saturated heterocycles. The van der Waals surface area contributed by atoms with E-state index in [1.54, 1.807) is 10.8 Å². The molecule has 1 unspecified atom stereocenters. The summed E-state index contributed by atoms with van der Waals surface area (Å²) in [6, 6.07) is 9.76. The maximum absolute atomic E-state index is 13.3. The molecule has 1 aromatic heterocycles. The first-order valence-corrected chi connectivity index (χ1v) is 10.6. The van der Waals surface area contributed by atoms with Crippen molar-refractivity contribution in [2.24, 2.45) is 0 Å². The Hall–Kier alpha value is -2.50. The maximum Gasteiger partial charge on any atom is 0.276 e. The highest BCUT2D eigenvalue weighted by Crippen LogP contribution is 2.31. The molecule has 2 aromatic rings. The predicted octanol–water partition coefficient (Wildman–Crippen LogP) is 2.34. The quantitative estimate of drug-likeness (QED) is 0.541. The topological polar surface area (TPSA) is 71.9 Å². The summed E-state index contributed by atoms with van der Waals surface area (Å²) in [5.74, 6) is -0.555. The maximum atomic E-state index is 13.3. The van der Waals surface area contributed by atoms with Gasteiger partial charge in [-0.3, -0.25) is 19.3 Å². The van der Waals surface area contributed by atoms with Gasteiger partial charge < -0.3 is 14.0 Å². The second-order valence-electron chi connectivity index (χ2n) is 8.04. The third-order valence-electron chi connectivity index (χ3n) is 6.14. The molecule has 1 aromatic carbocycles. The Bertz CT molecular complexity index is 1040. The van der Waals surface area contributed by atoms with Crippen LogP contribution in [0.5, 0.6) is 5.75 Å². The van der Waals surface area contributed by atoms with Crippen LogP contribution in [0.2, 0.25) is 0 Å². The average molecular weight is 427 g/mol. The number of aromatic nitrogens is 1. The molecule has 0 spiro atoms. The number of pyridine rings is 1. The Morgan fingerprint density at radius 3 is 2.67 bits per heavy atom. The fraction of sp³-hybridized carbons (Fsp3) is 0.409. The number of amides is 1. The first-order valence-electron chi connectivity index (χ1n) is 10.2. The van der Waals surface area contributed by atoms with Crippen LogP contribution in [0.25, 0.3) is 0 Å². The van der Waals surface area contributed by atoms with Gasteiger partial charge in [-0.1, -0.05) is 30.3 Å². The number of carbonyl (C=O) groups excluding carboxylic acids is 2. The van der Waals surface area contributed by atoms with E-state index in [-0.39, 0.29) is 47.3 Å². The molecule has 8 heteroatoms. The summed E-state index contributed by atoms with van der Waals surface area (Å²) in [6.07, 6.45) is 3.07. The van der Waals surface area contributed by atoms with E-state index < -0.39 is 5.43 Å². The molecule has 0 N–H and O–H groups in total. The van der Waals surface area contributed by atoms with Crippen molar-refractivity contribution >= 4 is 21.2 Å². The van der Waals surface area contributed by atoms with Crippen LogP contribution in [0.4, 0.5) is 0 Å². The van der Waals surface area contributed by atoms with E-state index in [1.165, 1.54) is 0 Å². The van der Waals surface area contributed by atoms with Crippen molar-refractivity contribution in [1.29, 1.82) is 0 Å². The van der Waals surface area contributed by atoms with Gasteiger partial charge in [0.15, 0.2) is 17.2 Å². The largest absolute Gasteiger partial charge is 0.474 e. The van der Waals surface area contributed by atoms with Gasteiger partial charge in [0.2, 0.25) is 5.43 Å². The molecule has 2 aliphatic rings. The highest BCUT2D eigenvalue weighted by molar-refractivity contribution is 7.10. The average Bonchev–Trinajstić information content (AvgIpc) is 2.75. The molecule has 1 amide bonds. The van der Waals surface area contributed by atoms with Crippen LogP contribution >= 0.6 is 9.47 Å². The summed E-state index contributed by atoms with van der Waals surface area (Å²) in [7, 11) is 4.04. The van der Waals surface area contributed by atoms with Gasteiger partial charge in [-0.15, -0.1) is 0 Å². The molecule has 7 nitrogen and oxygen atoms in total. The molecule has 0 radical (unpaired) electrons. The zero-order valence-electron chi connectivity index (χ0n) is 17.2. The fourth-order valence-corrected chi connectivity index (χ4v) is 4.61. The van der Waals surface area contributed by atoms with Crippen LogP contribution in [0, 0.1) is 0 Å². The third-order valence-corrected chi connectivity index (χ3v) is 6.38. The fourth-order valence-electron chi connectivity index (χ4n) is 4.39. The molecule has 4 rings (SSSR count). The Morgan fingerprint density at radius 2 is 1.97 bits per heavy atom. The number of aryl methyl sites for hydroxylation is 1. The van der Waals surface area contributed by atoms with Gasteiger partial charge in [0.25, 0.3) is 5.91 Å². The lowest BCUT2D eigenvalue weighted by Gasteiger charge is -2.49. The van der Waals surface area contributed by atoms with Gasteiger partial charge in [0, 0.05) is 25.2 Å². The molecule has 30 heavy (non-hydrogen) atoms. The van der Waals surface area contributed by atoms with E-state index >= 15 is 0 Å². The molecule has 3 atom stereocenters. The van der Waals surface area contributed by atoms with E-state index in [2.05, 4.69) is 4.90 Å². The van der Waals surface area contributed by atoms with Crippen LogP contribution < -0.4 is 9.95 Å². The first-order chi connectivity index (χ1) is 14.4. The molecular weight excluding hydrogens is 401 g/mol. The van der Waals surface area contributed by atoms with Crippen molar-refractivity contribution < 1.29 is 14.1 Å². The van der Waals surface area contributed by atoms with Crippen LogP contribution in [-0.4, -0.2) is 51.9 Å². The summed E-state index contributed by atoms with van der Waals surface area (Å²) < 4.78 is 7.00. The van der Waals surface area contributed by atoms with E-state index in [1.807, 2.05) is 58.7 Å². The standard InChI is InChI=1S/C22H26N3O4P/c1-14-10-11-23(2)18-13-24-12-16(17(26)9-8-15-6-4-3-5-7-15)20(27)21(29-30)19(24)22(28)25(14)18/h3-7,12,14,18H,8-11,13,30H2,1-2H3/t14-,18-/m1/s1. The number of rotatable bonds is 5. The van der Waals surface area contributed by atoms with E-state index in [4.69, 9.17) is 4.52 Å². The van der Waals surface area contributed by atoms with Crippen molar-refractivity contribution in [3.05, 3.63) is 63.6 Å². The molecule has 3 heterocycles. The third kappa shape index (κ3) is 3.57. The minimum atomic E-state index is -0.529. The highest BCUT2D eigenvalue weighted by atomic mass is 31.0. The van der Waals surface area contributed by atoms with Gasteiger partial charge in [0.1, 0.15) is 6.17 Å². The van der Waals surface area contributed by atoms with Crippen molar-refractivity contribution in [3.63, 3.8) is 0 Å². The number of fused-ring (bicyclic) bond motifs is 2. The van der Waals surface area contributed by atoms with Crippen molar-refractivity contribution in [2.75, 3.05) is 13.6 Å². The number of likely N-dealkylation sites (N-methyl/N-ethyl adjacent to an activating group) is 1. The van der Waals surface area contributed by atoms with Gasteiger partial charge >= 0.3 is 0 Å². The van der Waals surface area contributed by atoms with Crippen LogP contribution in [0.1, 0.15) is 46.2 Å². The van der Waals surface area contributed by atoms with E-state index in [9.17, 15) is 14.4 Å². The SMILES string of the molecule is C[C@@H]1CCN(C)[C@H]2Cn3cc(C(=O)CCc4ccccc4)c(=O)c(OP)c3C(=O)N12. The molecular formula is C22H26N3O4P. The number of ketones is 1. The van der Waals surface area contributed by atoms with Crippen LogP contribution in [0.3, 0.4) is 0 Å². The monoisotopic (exact) mass is 427 g/mol. The first kappa shape index (κ1) is 20.8. The Kier molecular flexibility index (Phi) is 5.76. The molecule has 0 saturated carbocycles. The van der Waals surface area contributed by atoms with Gasteiger partial charge in [0.05, 0.1) is 21.6 Å². The molecule has 158 valence electrons.